The Bertz CT molecular complexity index is 1060. The number of rotatable bonds is 8. The highest BCUT2D eigenvalue weighted by molar-refractivity contribution is 6.02. The standard InChI is InChI=1S/C20H21N7O2/c1-3-16(28)18-13(10-27(2)26-18)6-17(29)19-20(24-14-7-21-11-22-8-14)23-9-15(25-19)12-4-5-12/h7-12H,3-6H2,1-2H3,(H,23,24). The van der Waals surface area contributed by atoms with E-state index in [0.29, 0.717) is 35.1 Å². The number of aryl methyl sites for hydroxylation is 1. The van der Waals surface area contributed by atoms with Gasteiger partial charge in [-0.1, -0.05) is 6.92 Å². The van der Waals surface area contributed by atoms with Crippen LogP contribution in [0.5, 0.6) is 0 Å². The molecule has 0 radical (unpaired) electrons. The van der Waals surface area contributed by atoms with Gasteiger partial charge in [-0.15, -0.1) is 0 Å². The Morgan fingerprint density at radius 1 is 1.14 bits per heavy atom. The van der Waals surface area contributed by atoms with Gasteiger partial charge in [0.15, 0.2) is 17.4 Å². The highest BCUT2D eigenvalue weighted by Crippen LogP contribution is 2.39. The van der Waals surface area contributed by atoms with Crippen LogP contribution >= 0.6 is 0 Å². The zero-order valence-electron chi connectivity index (χ0n) is 16.3. The first-order valence-electron chi connectivity index (χ1n) is 9.53. The van der Waals surface area contributed by atoms with Crippen molar-refractivity contribution in [2.75, 3.05) is 5.32 Å². The zero-order valence-corrected chi connectivity index (χ0v) is 16.3. The first kappa shape index (κ1) is 18.9. The molecule has 0 bridgehead atoms. The zero-order chi connectivity index (χ0) is 20.4. The second-order valence-electron chi connectivity index (χ2n) is 7.07. The smallest absolute Gasteiger partial charge is 0.189 e. The minimum absolute atomic E-state index is 0.0255. The van der Waals surface area contributed by atoms with Crippen LogP contribution in [0.4, 0.5) is 11.5 Å². The average molecular weight is 391 g/mol. The molecule has 0 aromatic carbocycles. The van der Waals surface area contributed by atoms with Crippen LogP contribution in [-0.2, 0) is 13.5 Å². The molecule has 4 rings (SSSR count). The summed E-state index contributed by atoms with van der Waals surface area (Å²) in [6.45, 7) is 1.77. The van der Waals surface area contributed by atoms with Crippen molar-refractivity contribution in [2.24, 2.45) is 7.05 Å². The largest absolute Gasteiger partial charge is 0.336 e. The third kappa shape index (κ3) is 4.18. The Labute approximate surface area is 167 Å². The monoisotopic (exact) mass is 391 g/mol. The number of carbonyl (C=O) groups is 2. The molecule has 0 unspecified atom stereocenters. The molecular formula is C20H21N7O2. The number of hydrogen-bond donors (Lipinski definition) is 1. The summed E-state index contributed by atoms with van der Waals surface area (Å²) in [4.78, 5) is 42.3. The molecule has 3 heterocycles. The summed E-state index contributed by atoms with van der Waals surface area (Å²) in [7, 11) is 1.73. The second kappa shape index (κ2) is 7.86. The lowest BCUT2D eigenvalue weighted by atomic mass is 10.0. The maximum absolute atomic E-state index is 13.2. The fourth-order valence-electron chi connectivity index (χ4n) is 3.09. The van der Waals surface area contributed by atoms with Crippen LogP contribution in [0.3, 0.4) is 0 Å². The fourth-order valence-corrected chi connectivity index (χ4v) is 3.09. The van der Waals surface area contributed by atoms with Gasteiger partial charge in [-0.2, -0.15) is 5.10 Å². The van der Waals surface area contributed by atoms with E-state index in [1.54, 1.807) is 43.4 Å². The van der Waals surface area contributed by atoms with Crippen molar-refractivity contribution in [1.82, 2.24) is 29.7 Å². The van der Waals surface area contributed by atoms with Crippen LogP contribution in [0.15, 0.2) is 31.1 Å². The van der Waals surface area contributed by atoms with Gasteiger partial charge in [0, 0.05) is 37.6 Å². The van der Waals surface area contributed by atoms with Gasteiger partial charge in [0.1, 0.15) is 17.7 Å². The van der Waals surface area contributed by atoms with Crippen molar-refractivity contribution in [3.8, 4) is 0 Å². The van der Waals surface area contributed by atoms with E-state index in [1.807, 2.05) is 0 Å². The Morgan fingerprint density at radius 3 is 2.59 bits per heavy atom. The fraction of sp³-hybridized carbons (Fsp3) is 0.350. The molecule has 9 nitrogen and oxygen atoms in total. The summed E-state index contributed by atoms with van der Waals surface area (Å²) in [5.74, 6) is 0.392. The third-order valence-electron chi connectivity index (χ3n) is 4.71. The molecular weight excluding hydrogens is 370 g/mol. The molecule has 148 valence electrons. The van der Waals surface area contributed by atoms with Gasteiger partial charge in [-0.3, -0.25) is 14.3 Å². The molecule has 0 saturated heterocycles. The molecule has 0 amide bonds. The number of nitrogens with one attached hydrogen (secondary N) is 1. The number of aromatic nitrogens is 6. The van der Waals surface area contributed by atoms with Crippen molar-refractivity contribution >= 4 is 23.1 Å². The lowest BCUT2D eigenvalue weighted by Crippen LogP contribution is -2.14. The van der Waals surface area contributed by atoms with E-state index in [-0.39, 0.29) is 23.7 Å². The lowest BCUT2D eigenvalue weighted by Gasteiger charge is -2.11. The van der Waals surface area contributed by atoms with Crippen LogP contribution in [0.1, 0.15) is 64.3 Å². The Hall–Kier alpha value is -3.49. The van der Waals surface area contributed by atoms with Crippen molar-refractivity contribution in [1.29, 1.82) is 0 Å². The quantitative estimate of drug-likeness (QED) is 0.583. The highest BCUT2D eigenvalue weighted by Gasteiger charge is 2.28. The summed E-state index contributed by atoms with van der Waals surface area (Å²) < 4.78 is 1.55. The number of carbonyl (C=O) groups excluding carboxylic acids is 2. The van der Waals surface area contributed by atoms with Gasteiger partial charge in [0.2, 0.25) is 0 Å². The predicted molar refractivity (Wildman–Crippen MR) is 105 cm³/mol. The molecule has 29 heavy (non-hydrogen) atoms. The van der Waals surface area contributed by atoms with E-state index in [2.05, 4.69) is 30.4 Å². The minimum atomic E-state index is -0.225. The van der Waals surface area contributed by atoms with Crippen LogP contribution < -0.4 is 5.32 Å². The highest BCUT2D eigenvalue weighted by atomic mass is 16.1. The molecule has 0 atom stereocenters. The summed E-state index contributed by atoms with van der Waals surface area (Å²) >= 11 is 0. The number of hydrogen-bond acceptors (Lipinski definition) is 8. The first-order valence-corrected chi connectivity index (χ1v) is 9.53. The van der Waals surface area contributed by atoms with E-state index < -0.39 is 0 Å². The molecule has 1 fully saturated rings. The van der Waals surface area contributed by atoms with Gasteiger partial charge in [-0.25, -0.2) is 19.9 Å². The first-order chi connectivity index (χ1) is 14.0. The van der Waals surface area contributed by atoms with Crippen LogP contribution in [0.25, 0.3) is 0 Å². The molecule has 1 saturated carbocycles. The van der Waals surface area contributed by atoms with Crippen molar-refractivity contribution in [3.05, 3.63) is 53.8 Å². The molecule has 0 aliphatic heterocycles. The van der Waals surface area contributed by atoms with Crippen LogP contribution in [-0.4, -0.2) is 41.3 Å². The number of Topliss-reactive ketones (excluding diaryl/α,β-unsaturated/α-hetero) is 2. The van der Waals surface area contributed by atoms with Gasteiger partial charge in [-0.05, 0) is 12.8 Å². The number of nitrogens with zero attached hydrogens (tertiary/aromatic N) is 6. The Balaban J connectivity index is 1.66. The summed E-state index contributed by atoms with van der Waals surface area (Å²) in [6.07, 6.45) is 10.5. The molecule has 0 spiro atoms. The molecule has 1 N–H and O–H groups in total. The van der Waals surface area contributed by atoms with Gasteiger partial charge < -0.3 is 5.32 Å². The van der Waals surface area contributed by atoms with E-state index >= 15 is 0 Å². The second-order valence-corrected chi connectivity index (χ2v) is 7.07. The third-order valence-corrected chi connectivity index (χ3v) is 4.71. The number of ketones is 2. The molecule has 1 aliphatic carbocycles. The molecule has 3 aromatic rings. The summed E-state index contributed by atoms with van der Waals surface area (Å²) in [5, 5.41) is 7.29. The molecule has 1 aliphatic rings. The molecule has 9 heteroatoms. The summed E-state index contributed by atoms with van der Waals surface area (Å²) in [5.41, 5.74) is 2.60. The van der Waals surface area contributed by atoms with E-state index in [9.17, 15) is 9.59 Å². The van der Waals surface area contributed by atoms with Crippen molar-refractivity contribution in [2.45, 2.75) is 38.5 Å². The van der Waals surface area contributed by atoms with E-state index in [0.717, 1.165) is 18.5 Å². The maximum atomic E-state index is 13.2. The van der Waals surface area contributed by atoms with Crippen molar-refractivity contribution in [3.63, 3.8) is 0 Å². The normalized spacial score (nSPS) is 13.3. The Morgan fingerprint density at radius 2 is 1.90 bits per heavy atom. The molecule has 3 aromatic heterocycles. The van der Waals surface area contributed by atoms with Gasteiger partial charge in [0.25, 0.3) is 0 Å². The predicted octanol–water partition coefficient (Wildman–Crippen LogP) is 2.64. The van der Waals surface area contributed by atoms with Gasteiger partial charge >= 0.3 is 0 Å². The van der Waals surface area contributed by atoms with E-state index in [1.165, 1.54) is 6.33 Å². The Kier molecular flexibility index (Phi) is 5.11. The van der Waals surface area contributed by atoms with Crippen LogP contribution in [0.2, 0.25) is 0 Å². The van der Waals surface area contributed by atoms with Crippen molar-refractivity contribution < 1.29 is 9.59 Å². The van der Waals surface area contributed by atoms with Gasteiger partial charge in [0.05, 0.1) is 30.0 Å². The maximum Gasteiger partial charge on any atom is 0.189 e. The van der Waals surface area contributed by atoms with E-state index in [4.69, 9.17) is 0 Å². The number of anilines is 2. The minimum Gasteiger partial charge on any atom is -0.336 e. The topological polar surface area (TPSA) is 116 Å². The van der Waals surface area contributed by atoms with Crippen LogP contribution in [0, 0.1) is 0 Å². The average Bonchev–Trinajstić information content (AvgIpc) is 3.51. The summed E-state index contributed by atoms with van der Waals surface area (Å²) in [6, 6.07) is 0. The SMILES string of the molecule is CCC(=O)c1nn(C)cc1CC(=O)c1nc(C2CC2)cnc1Nc1cncnc1. The lowest BCUT2D eigenvalue weighted by molar-refractivity contribution is 0.0980.